The number of aryl methyl sites for hydroxylation is 2. The molecule has 0 saturated heterocycles. The van der Waals surface area contributed by atoms with E-state index < -0.39 is 18.6 Å². The van der Waals surface area contributed by atoms with Gasteiger partial charge < -0.3 is 5.73 Å². The Kier molecular flexibility index (Phi) is 3.39. The van der Waals surface area contributed by atoms with Crippen molar-refractivity contribution in [2.75, 3.05) is 0 Å². The maximum atomic E-state index is 12.1. The van der Waals surface area contributed by atoms with Gasteiger partial charge in [0.05, 0.1) is 6.42 Å². The summed E-state index contributed by atoms with van der Waals surface area (Å²) in [6, 6.07) is 4.40. The van der Waals surface area contributed by atoms with Gasteiger partial charge >= 0.3 is 6.18 Å². The highest BCUT2D eigenvalue weighted by Crippen LogP contribution is 2.29. The number of hydrogen-bond acceptors (Lipinski definition) is 1. The zero-order valence-electron chi connectivity index (χ0n) is 8.73. The maximum Gasteiger partial charge on any atom is 0.390 e. The largest absolute Gasteiger partial charge is 0.390 e. The second kappa shape index (κ2) is 4.23. The van der Waals surface area contributed by atoms with Crippen molar-refractivity contribution in [3.63, 3.8) is 0 Å². The van der Waals surface area contributed by atoms with Crippen LogP contribution in [0.4, 0.5) is 13.2 Å². The first kappa shape index (κ1) is 12.0. The number of benzene rings is 1. The van der Waals surface area contributed by atoms with E-state index in [1.165, 1.54) is 0 Å². The lowest BCUT2D eigenvalue weighted by Crippen LogP contribution is -2.21. The van der Waals surface area contributed by atoms with E-state index in [4.69, 9.17) is 5.73 Å². The van der Waals surface area contributed by atoms with Gasteiger partial charge in [0.25, 0.3) is 0 Å². The van der Waals surface area contributed by atoms with Crippen molar-refractivity contribution in [2.24, 2.45) is 5.73 Å². The van der Waals surface area contributed by atoms with E-state index in [2.05, 4.69) is 0 Å². The lowest BCUT2D eigenvalue weighted by Gasteiger charge is -2.17. The van der Waals surface area contributed by atoms with Crippen molar-refractivity contribution < 1.29 is 13.2 Å². The van der Waals surface area contributed by atoms with E-state index in [-0.39, 0.29) is 0 Å². The highest BCUT2D eigenvalue weighted by atomic mass is 19.4. The molecule has 15 heavy (non-hydrogen) atoms. The van der Waals surface area contributed by atoms with Crippen molar-refractivity contribution in [1.29, 1.82) is 0 Å². The molecule has 0 aliphatic carbocycles. The first-order chi connectivity index (χ1) is 6.79. The smallest absolute Gasteiger partial charge is 0.324 e. The molecule has 0 aromatic heterocycles. The van der Waals surface area contributed by atoms with Crippen molar-refractivity contribution in [1.82, 2.24) is 0 Å². The Morgan fingerprint density at radius 2 is 1.87 bits per heavy atom. The molecule has 0 saturated carbocycles. The minimum Gasteiger partial charge on any atom is -0.324 e. The standard InChI is InChI=1S/C11H14F3N/c1-7-3-4-8(2)9(5-7)10(15)6-11(12,13)14/h3-5,10H,6,15H2,1-2H3/t10-/m0/s1. The molecule has 0 aliphatic rings. The number of nitrogens with two attached hydrogens (primary N) is 1. The van der Waals surface area contributed by atoms with Crippen molar-refractivity contribution in [3.8, 4) is 0 Å². The summed E-state index contributed by atoms with van der Waals surface area (Å²) in [5.74, 6) is 0. The first-order valence-corrected chi connectivity index (χ1v) is 4.69. The lowest BCUT2D eigenvalue weighted by atomic mass is 9.97. The van der Waals surface area contributed by atoms with Gasteiger partial charge in [-0.3, -0.25) is 0 Å². The van der Waals surface area contributed by atoms with Gasteiger partial charge in [-0.1, -0.05) is 23.8 Å². The Hall–Kier alpha value is -1.03. The van der Waals surface area contributed by atoms with E-state index in [1.807, 2.05) is 13.0 Å². The number of halogens is 3. The molecule has 0 amide bonds. The molecule has 0 fully saturated rings. The fourth-order valence-corrected chi connectivity index (χ4v) is 1.52. The molecule has 0 unspecified atom stereocenters. The summed E-state index contributed by atoms with van der Waals surface area (Å²) < 4.78 is 36.4. The van der Waals surface area contributed by atoms with Crippen LogP contribution >= 0.6 is 0 Å². The Labute approximate surface area is 87.1 Å². The average molecular weight is 217 g/mol. The molecule has 4 heteroatoms. The van der Waals surface area contributed by atoms with Crippen LogP contribution in [-0.2, 0) is 0 Å². The summed E-state index contributed by atoms with van der Waals surface area (Å²) in [5, 5.41) is 0. The van der Waals surface area contributed by atoms with Crippen LogP contribution in [0.2, 0.25) is 0 Å². The van der Waals surface area contributed by atoms with Gasteiger partial charge in [0, 0.05) is 6.04 Å². The molecule has 1 atom stereocenters. The third kappa shape index (κ3) is 3.55. The fourth-order valence-electron chi connectivity index (χ4n) is 1.52. The van der Waals surface area contributed by atoms with Gasteiger partial charge in [-0.25, -0.2) is 0 Å². The van der Waals surface area contributed by atoms with E-state index in [0.29, 0.717) is 5.56 Å². The van der Waals surface area contributed by atoms with Crippen LogP contribution in [0.25, 0.3) is 0 Å². The van der Waals surface area contributed by atoms with Crippen LogP contribution in [0, 0.1) is 13.8 Å². The third-order valence-corrected chi connectivity index (χ3v) is 2.29. The molecule has 0 aliphatic heterocycles. The Balaban J connectivity index is 2.90. The summed E-state index contributed by atoms with van der Waals surface area (Å²) in [4.78, 5) is 0. The highest BCUT2D eigenvalue weighted by molar-refractivity contribution is 5.32. The summed E-state index contributed by atoms with van der Waals surface area (Å²) in [6.07, 6.45) is -5.19. The molecule has 1 nitrogen and oxygen atoms in total. The molecule has 1 aromatic carbocycles. The summed E-state index contributed by atoms with van der Waals surface area (Å²) >= 11 is 0. The molecule has 0 heterocycles. The predicted octanol–water partition coefficient (Wildman–Crippen LogP) is 3.26. The van der Waals surface area contributed by atoms with Gasteiger partial charge in [0.2, 0.25) is 0 Å². The minimum absolute atomic E-state index is 0.576. The second-order valence-electron chi connectivity index (χ2n) is 3.79. The SMILES string of the molecule is Cc1ccc(C)c([C@@H](N)CC(F)(F)F)c1. The van der Waals surface area contributed by atoms with E-state index in [9.17, 15) is 13.2 Å². The maximum absolute atomic E-state index is 12.1. The monoisotopic (exact) mass is 217 g/mol. The van der Waals surface area contributed by atoms with Gasteiger partial charge in [-0.15, -0.1) is 0 Å². The Morgan fingerprint density at radius 3 is 2.40 bits per heavy atom. The molecule has 0 bridgehead atoms. The molecule has 1 rings (SSSR count). The lowest BCUT2D eigenvalue weighted by molar-refractivity contribution is -0.138. The summed E-state index contributed by atoms with van der Waals surface area (Å²) in [6.45, 7) is 3.61. The highest BCUT2D eigenvalue weighted by Gasteiger charge is 2.31. The normalized spacial score (nSPS) is 14.0. The van der Waals surface area contributed by atoms with Crippen molar-refractivity contribution in [2.45, 2.75) is 32.5 Å². The first-order valence-electron chi connectivity index (χ1n) is 4.69. The molecule has 2 N–H and O–H groups in total. The Morgan fingerprint density at radius 1 is 1.27 bits per heavy atom. The number of hydrogen-bond donors (Lipinski definition) is 1. The molecule has 84 valence electrons. The third-order valence-electron chi connectivity index (χ3n) is 2.29. The van der Waals surface area contributed by atoms with Crippen LogP contribution in [-0.4, -0.2) is 6.18 Å². The topological polar surface area (TPSA) is 26.0 Å². The Bertz CT molecular complexity index is 344. The molecular formula is C11H14F3N. The van der Waals surface area contributed by atoms with Crippen molar-refractivity contribution in [3.05, 3.63) is 34.9 Å². The van der Waals surface area contributed by atoms with Crippen LogP contribution in [0.5, 0.6) is 0 Å². The molecule has 0 spiro atoms. The summed E-state index contributed by atoms with van der Waals surface area (Å²) in [7, 11) is 0. The van der Waals surface area contributed by atoms with Gasteiger partial charge in [-0.2, -0.15) is 13.2 Å². The number of rotatable bonds is 2. The zero-order chi connectivity index (χ0) is 11.6. The van der Waals surface area contributed by atoms with E-state index in [1.54, 1.807) is 19.1 Å². The summed E-state index contributed by atoms with van der Waals surface area (Å²) in [5.41, 5.74) is 7.83. The minimum atomic E-state index is -4.21. The second-order valence-corrected chi connectivity index (χ2v) is 3.79. The fraction of sp³-hybridized carbons (Fsp3) is 0.455. The quantitative estimate of drug-likeness (QED) is 0.808. The molecule has 1 aromatic rings. The average Bonchev–Trinajstić information content (AvgIpc) is 2.06. The van der Waals surface area contributed by atoms with Gasteiger partial charge in [0.15, 0.2) is 0 Å². The predicted molar refractivity (Wildman–Crippen MR) is 53.5 cm³/mol. The van der Waals surface area contributed by atoms with Gasteiger partial charge in [-0.05, 0) is 25.0 Å². The zero-order valence-corrected chi connectivity index (χ0v) is 8.73. The van der Waals surface area contributed by atoms with E-state index >= 15 is 0 Å². The van der Waals surface area contributed by atoms with Crippen LogP contribution in [0.1, 0.15) is 29.2 Å². The van der Waals surface area contributed by atoms with E-state index in [0.717, 1.165) is 11.1 Å². The molecule has 0 radical (unpaired) electrons. The van der Waals surface area contributed by atoms with Gasteiger partial charge in [0.1, 0.15) is 0 Å². The van der Waals surface area contributed by atoms with Crippen molar-refractivity contribution >= 4 is 0 Å². The molecular weight excluding hydrogens is 203 g/mol. The van der Waals surface area contributed by atoms with Crippen LogP contribution in [0.3, 0.4) is 0 Å². The van der Waals surface area contributed by atoms with Crippen LogP contribution < -0.4 is 5.73 Å². The number of alkyl halides is 3. The van der Waals surface area contributed by atoms with Crippen LogP contribution in [0.15, 0.2) is 18.2 Å².